The molecule has 0 radical (unpaired) electrons. The SMILES string of the molecule is NCCCn1cc(S(=O)(=O)NCc2cccnc2)cn1. The Labute approximate surface area is 117 Å². The molecule has 0 aliphatic heterocycles. The molecule has 0 saturated carbocycles. The molecular weight excluding hydrogens is 278 g/mol. The zero-order chi connectivity index (χ0) is 14.4. The maximum absolute atomic E-state index is 12.1. The molecule has 0 fully saturated rings. The lowest BCUT2D eigenvalue weighted by Crippen LogP contribution is -2.23. The Morgan fingerprint density at radius 3 is 2.90 bits per heavy atom. The standard InChI is InChI=1S/C12H17N5O2S/c13-4-2-6-17-10-12(9-15-17)20(18,19)16-8-11-3-1-5-14-7-11/h1,3,5,7,9-10,16H,2,4,6,8,13H2. The first-order chi connectivity index (χ1) is 9.62. The predicted molar refractivity (Wildman–Crippen MR) is 74.2 cm³/mol. The minimum absolute atomic E-state index is 0.151. The van der Waals surface area contributed by atoms with Gasteiger partial charge in [0.25, 0.3) is 0 Å². The molecule has 0 atom stereocenters. The van der Waals surface area contributed by atoms with Crippen molar-refractivity contribution in [2.45, 2.75) is 24.4 Å². The third kappa shape index (κ3) is 3.86. The molecule has 108 valence electrons. The normalized spacial score (nSPS) is 11.7. The summed E-state index contributed by atoms with van der Waals surface area (Å²) in [5.74, 6) is 0. The molecule has 0 aliphatic rings. The van der Waals surface area contributed by atoms with Crippen LogP contribution in [0.2, 0.25) is 0 Å². The molecule has 0 bridgehead atoms. The minimum atomic E-state index is -3.56. The van der Waals surface area contributed by atoms with E-state index in [4.69, 9.17) is 5.73 Å². The summed E-state index contributed by atoms with van der Waals surface area (Å²) in [4.78, 5) is 4.08. The topological polar surface area (TPSA) is 103 Å². The summed E-state index contributed by atoms with van der Waals surface area (Å²) in [6, 6.07) is 3.56. The van der Waals surface area contributed by atoms with E-state index >= 15 is 0 Å². The van der Waals surface area contributed by atoms with Crippen molar-refractivity contribution in [3.05, 3.63) is 42.5 Å². The van der Waals surface area contributed by atoms with Crippen LogP contribution in [0.25, 0.3) is 0 Å². The van der Waals surface area contributed by atoms with E-state index in [1.165, 1.54) is 12.4 Å². The van der Waals surface area contributed by atoms with E-state index in [-0.39, 0.29) is 11.4 Å². The highest BCUT2D eigenvalue weighted by Crippen LogP contribution is 2.08. The van der Waals surface area contributed by atoms with Gasteiger partial charge in [-0.05, 0) is 24.6 Å². The van der Waals surface area contributed by atoms with Gasteiger partial charge in [0, 0.05) is 31.7 Å². The van der Waals surface area contributed by atoms with Gasteiger partial charge in [-0.2, -0.15) is 5.10 Å². The van der Waals surface area contributed by atoms with Crippen molar-refractivity contribution in [2.75, 3.05) is 6.54 Å². The fraction of sp³-hybridized carbons (Fsp3) is 0.333. The molecule has 7 nitrogen and oxygen atoms in total. The minimum Gasteiger partial charge on any atom is -0.330 e. The molecule has 2 heterocycles. The number of sulfonamides is 1. The molecule has 2 aromatic heterocycles. The van der Waals surface area contributed by atoms with Crippen LogP contribution in [0.5, 0.6) is 0 Å². The molecule has 0 aliphatic carbocycles. The van der Waals surface area contributed by atoms with Crippen LogP contribution in [-0.4, -0.2) is 29.7 Å². The molecule has 0 amide bonds. The summed E-state index contributed by atoms with van der Waals surface area (Å²) in [7, 11) is -3.56. The molecule has 0 unspecified atom stereocenters. The van der Waals surface area contributed by atoms with Gasteiger partial charge in [0.1, 0.15) is 4.90 Å². The summed E-state index contributed by atoms with van der Waals surface area (Å²) < 4.78 is 28.3. The van der Waals surface area contributed by atoms with Gasteiger partial charge in [-0.15, -0.1) is 0 Å². The average Bonchev–Trinajstić information content (AvgIpc) is 2.94. The smallest absolute Gasteiger partial charge is 0.243 e. The first kappa shape index (κ1) is 14.6. The van der Waals surface area contributed by atoms with E-state index in [9.17, 15) is 8.42 Å². The Hall–Kier alpha value is -1.77. The Balaban J connectivity index is 2.01. The number of nitrogens with one attached hydrogen (secondary N) is 1. The van der Waals surface area contributed by atoms with Gasteiger partial charge >= 0.3 is 0 Å². The molecule has 8 heteroatoms. The third-order valence-corrected chi connectivity index (χ3v) is 4.06. The maximum atomic E-state index is 12.1. The van der Waals surface area contributed by atoms with Crippen molar-refractivity contribution < 1.29 is 8.42 Å². The Bertz CT molecular complexity index is 639. The number of aromatic nitrogens is 3. The lowest BCUT2D eigenvalue weighted by molar-refractivity contribution is 0.576. The van der Waals surface area contributed by atoms with Crippen molar-refractivity contribution in [2.24, 2.45) is 5.73 Å². The van der Waals surface area contributed by atoms with Crippen molar-refractivity contribution in [1.29, 1.82) is 0 Å². The highest BCUT2D eigenvalue weighted by molar-refractivity contribution is 7.89. The van der Waals surface area contributed by atoms with Gasteiger partial charge in [0.15, 0.2) is 0 Å². The lowest BCUT2D eigenvalue weighted by Gasteiger charge is -2.04. The Morgan fingerprint density at radius 2 is 2.20 bits per heavy atom. The zero-order valence-corrected chi connectivity index (χ0v) is 11.8. The summed E-state index contributed by atoms with van der Waals surface area (Å²) in [5, 5.41) is 4.00. The van der Waals surface area contributed by atoms with E-state index in [0.29, 0.717) is 13.1 Å². The number of aryl methyl sites for hydroxylation is 1. The average molecular weight is 295 g/mol. The van der Waals surface area contributed by atoms with Crippen LogP contribution in [0.1, 0.15) is 12.0 Å². The van der Waals surface area contributed by atoms with Crippen LogP contribution in [0.15, 0.2) is 41.8 Å². The van der Waals surface area contributed by atoms with Crippen LogP contribution in [-0.2, 0) is 23.1 Å². The second-order valence-electron chi connectivity index (χ2n) is 4.27. The first-order valence-electron chi connectivity index (χ1n) is 6.23. The number of pyridine rings is 1. The van der Waals surface area contributed by atoms with Gasteiger partial charge in [0.05, 0.1) is 6.20 Å². The van der Waals surface area contributed by atoms with Crippen molar-refractivity contribution in [3.8, 4) is 0 Å². The van der Waals surface area contributed by atoms with Crippen molar-refractivity contribution in [1.82, 2.24) is 19.5 Å². The predicted octanol–water partition coefficient (Wildman–Crippen LogP) is 0.105. The number of nitrogens with zero attached hydrogens (tertiary/aromatic N) is 3. The molecule has 0 saturated heterocycles. The summed E-state index contributed by atoms with van der Waals surface area (Å²) in [5.41, 5.74) is 6.20. The Morgan fingerprint density at radius 1 is 1.35 bits per heavy atom. The molecule has 3 N–H and O–H groups in total. The Kier molecular flexibility index (Phi) is 4.83. The van der Waals surface area contributed by atoms with Gasteiger partial charge in [0.2, 0.25) is 10.0 Å². The number of rotatable bonds is 7. The quantitative estimate of drug-likeness (QED) is 0.754. The lowest BCUT2D eigenvalue weighted by atomic mass is 10.3. The molecule has 2 rings (SSSR count). The first-order valence-corrected chi connectivity index (χ1v) is 7.71. The van der Waals surface area contributed by atoms with Gasteiger partial charge in [-0.25, -0.2) is 13.1 Å². The third-order valence-electron chi connectivity index (χ3n) is 2.70. The van der Waals surface area contributed by atoms with E-state index in [0.717, 1.165) is 12.0 Å². The summed E-state index contributed by atoms with van der Waals surface area (Å²) in [6.07, 6.45) is 6.85. The summed E-state index contributed by atoms with van der Waals surface area (Å²) in [6.45, 7) is 1.35. The zero-order valence-electron chi connectivity index (χ0n) is 10.9. The number of hydrogen-bond donors (Lipinski definition) is 2. The second kappa shape index (κ2) is 6.60. The highest BCUT2D eigenvalue weighted by atomic mass is 32.2. The fourth-order valence-corrected chi connectivity index (χ4v) is 2.59. The molecule has 2 aromatic rings. The number of nitrogens with two attached hydrogens (primary N) is 1. The largest absolute Gasteiger partial charge is 0.330 e. The maximum Gasteiger partial charge on any atom is 0.243 e. The van der Waals surface area contributed by atoms with Crippen molar-refractivity contribution >= 4 is 10.0 Å². The van der Waals surface area contributed by atoms with Crippen LogP contribution in [0, 0.1) is 0 Å². The van der Waals surface area contributed by atoms with Crippen molar-refractivity contribution in [3.63, 3.8) is 0 Å². The van der Waals surface area contributed by atoms with E-state index in [1.54, 1.807) is 29.2 Å². The van der Waals surface area contributed by atoms with E-state index in [1.807, 2.05) is 0 Å². The van der Waals surface area contributed by atoms with Gasteiger partial charge < -0.3 is 5.73 Å². The molecule has 20 heavy (non-hydrogen) atoms. The molecule has 0 spiro atoms. The van der Waals surface area contributed by atoms with Gasteiger partial charge in [-0.3, -0.25) is 9.67 Å². The second-order valence-corrected chi connectivity index (χ2v) is 6.03. The van der Waals surface area contributed by atoms with Crippen LogP contribution in [0.3, 0.4) is 0 Å². The van der Waals surface area contributed by atoms with Crippen LogP contribution >= 0.6 is 0 Å². The van der Waals surface area contributed by atoms with Crippen LogP contribution < -0.4 is 10.5 Å². The number of hydrogen-bond acceptors (Lipinski definition) is 5. The van der Waals surface area contributed by atoms with E-state index in [2.05, 4.69) is 14.8 Å². The molecular formula is C12H17N5O2S. The molecule has 0 aromatic carbocycles. The van der Waals surface area contributed by atoms with Crippen LogP contribution in [0.4, 0.5) is 0 Å². The fourth-order valence-electron chi connectivity index (χ4n) is 1.62. The monoisotopic (exact) mass is 295 g/mol. The van der Waals surface area contributed by atoms with Gasteiger partial charge in [-0.1, -0.05) is 6.07 Å². The summed E-state index contributed by atoms with van der Waals surface area (Å²) >= 11 is 0. The van der Waals surface area contributed by atoms with E-state index < -0.39 is 10.0 Å². The highest BCUT2D eigenvalue weighted by Gasteiger charge is 2.16.